The molecule has 26 heavy (non-hydrogen) atoms. The Morgan fingerprint density at radius 2 is 1.42 bits per heavy atom. The fourth-order valence-electron chi connectivity index (χ4n) is 2.90. The average Bonchev–Trinajstić information content (AvgIpc) is 2.70. The molecule has 3 aromatic rings. The van der Waals surface area contributed by atoms with Crippen molar-refractivity contribution in [3.05, 3.63) is 109 Å². The van der Waals surface area contributed by atoms with Crippen LogP contribution in [0.15, 0.2) is 109 Å². The summed E-state index contributed by atoms with van der Waals surface area (Å²) in [5.41, 5.74) is 5.43. The number of nitrogens with zero attached hydrogens (tertiary/aromatic N) is 1. The molecule has 3 rings (SSSR count). The third-order valence-electron chi connectivity index (χ3n) is 4.07. The van der Waals surface area contributed by atoms with Crippen LogP contribution in [-0.4, -0.2) is 0 Å². The van der Waals surface area contributed by atoms with Gasteiger partial charge in [-0.15, -0.1) is 0 Å². The molecule has 0 spiro atoms. The van der Waals surface area contributed by atoms with Crippen LogP contribution in [0.2, 0.25) is 0 Å². The van der Waals surface area contributed by atoms with Crippen molar-refractivity contribution in [2.45, 2.75) is 13.3 Å². The zero-order chi connectivity index (χ0) is 18.2. The van der Waals surface area contributed by atoms with E-state index in [1.807, 2.05) is 18.2 Å². The monoisotopic (exact) mass is 340 g/mol. The lowest BCUT2D eigenvalue weighted by molar-refractivity contribution is 1.20. The standard InChI is InChI=1S/C24H24N2/c1-3-12-20(4-2)25-21-13-11-18-24(19-21)26(22-14-7-5-8-15-22)23-16-9-6-10-17-23/h4-19,25H,2-3H2,1H3/b20-12+. The first kappa shape index (κ1) is 17.6. The third kappa shape index (κ3) is 4.22. The summed E-state index contributed by atoms with van der Waals surface area (Å²) in [6.45, 7) is 6.01. The summed E-state index contributed by atoms with van der Waals surface area (Å²) in [6, 6.07) is 29.3. The van der Waals surface area contributed by atoms with E-state index in [1.165, 1.54) is 0 Å². The van der Waals surface area contributed by atoms with Gasteiger partial charge < -0.3 is 10.2 Å². The lowest BCUT2D eigenvalue weighted by Gasteiger charge is -2.26. The van der Waals surface area contributed by atoms with E-state index in [9.17, 15) is 0 Å². The van der Waals surface area contributed by atoms with Crippen LogP contribution in [0.4, 0.5) is 22.7 Å². The Hall–Kier alpha value is -3.26. The highest BCUT2D eigenvalue weighted by molar-refractivity contribution is 5.78. The maximum Gasteiger partial charge on any atom is 0.0482 e. The van der Waals surface area contributed by atoms with Gasteiger partial charge in [-0.3, -0.25) is 0 Å². The van der Waals surface area contributed by atoms with Gasteiger partial charge in [-0.05, 0) is 55.0 Å². The summed E-state index contributed by atoms with van der Waals surface area (Å²) < 4.78 is 0. The molecule has 0 amide bonds. The molecule has 0 unspecified atom stereocenters. The molecule has 0 aliphatic rings. The molecule has 130 valence electrons. The second kappa shape index (κ2) is 8.72. The quantitative estimate of drug-likeness (QED) is 0.464. The van der Waals surface area contributed by atoms with Gasteiger partial charge in [-0.25, -0.2) is 0 Å². The molecule has 0 saturated heterocycles. The highest BCUT2D eigenvalue weighted by Crippen LogP contribution is 2.35. The summed E-state index contributed by atoms with van der Waals surface area (Å²) in [5.74, 6) is 0. The van der Waals surface area contributed by atoms with E-state index in [0.29, 0.717) is 0 Å². The van der Waals surface area contributed by atoms with E-state index in [1.54, 1.807) is 0 Å². The minimum Gasteiger partial charge on any atom is -0.356 e. The molecule has 2 heteroatoms. The molecular weight excluding hydrogens is 316 g/mol. The molecule has 0 heterocycles. The number of nitrogens with one attached hydrogen (secondary N) is 1. The number of anilines is 4. The van der Waals surface area contributed by atoms with E-state index in [0.717, 1.165) is 34.9 Å². The van der Waals surface area contributed by atoms with E-state index in [-0.39, 0.29) is 0 Å². The zero-order valence-electron chi connectivity index (χ0n) is 15.1. The number of hydrogen-bond donors (Lipinski definition) is 1. The molecule has 0 fully saturated rings. The molecule has 0 saturated carbocycles. The van der Waals surface area contributed by atoms with E-state index in [2.05, 4.69) is 103 Å². The van der Waals surface area contributed by atoms with Gasteiger partial charge in [0.1, 0.15) is 0 Å². The Balaban J connectivity index is 2.01. The Bertz CT molecular complexity index is 827. The Morgan fingerprint density at radius 1 is 0.846 bits per heavy atom. The Morgan fingerprint density at radius 3 is 1.96 bits per heavy atom. The fraction of sp³-hybridized carbons (Fsp3) is 0.0833. The van der Waals surface area contributed by atoms with Crippen LogP contribution in [0, 0.1) is 0 Å². The third-order valence-corrected chi connectivity index (χ3v) is 4.07. The summed E-state index contributed by atoms with van der Waals surface area (Å²) in [5, 5.41) is 3.44. The van der Waals surface area contributed by atoms with Gasteiger partial charge in [0.25, 0.3) is 0 Å². The molecular formula is C24H24N2. The minimum atomic E-state index is 0.966. The fourth-order valence-corrected chi connectivity index (χ4v) is 2.90. The van der Waals surface area contributed by atoms with Crippen LogP contribution in [0.1, 0.15) is 13.3 Å². The number of hydrogen-bond acceptors (Lipinski definition) is 2. The predicted molar refractivity (Wildman–Crippen MR) is 113 cm³/mol. The van der Waals surface area contributed by atoms with Crippen molar-refractivity contribution < 1.29 is 0 Å². The van der Waals surface area contributed by atoms with Crippen molar-refractivity contribution in [3.8, 4) is 0 Å². The first-order valence-electron chi connectivity index (χ1n) is 8.91. The van der Waals surface area contributed by atoms with Crippen LogP contribution in [0.5, 0.6) is 0 Å². The molecule has 3 aromatic carbocycles. The normalized spacial score (nSPS) is 11.0. The molecule has 0 bridgehead atoms. The number of allylic oxidation sites excluding steroid dienone is 2. The van der Waals surface area contributed by atoms with Crippen LogP contribution >= 0.6 is 0 Å². The molecule has 0 radical (unpaired) electrons. The van der Waals surface area contributed by atoms with Gasteiger partial charge >= 0.3 is 0 Å². The van der Waals surface area contributed by atoms with Crippen LogP contribution in [0.25, 0.3) is 0 Å². The van der Waals surface area contributed by atoms with Crippen molar-refractivity contribution >= 4 is 22.7 Å². The molecule has 0 aromatic heterocycles. The lowest BCUT2D eigenvalue weighted by Crippen LogP contribution is -2.10. The highest BCUT2D eigenvalue weighted by Gasteiger charge is 2.12. The topological polar surface area (TPSA) is 15.3 Å². The van der Waals surface area contributed by atoms with Crippen molar-refractivity contribution in [2.24, 2.45) is 0 Å². The molecule has 1 N–H and O–H groups in total. The van der Waals surface area contributed by atoms with Gasteiger partial charge in [-0.2, -0.15) is 0 Å². The second-order valence-electron chi connectivity index (χ2n) is 5.95. The van der Waals surface area contributed by atoms with E-state index >= 15 is 0 Å². The van der Waals surface area contributed by atoms with Crippen LogP contribution < -0.4 is 10.2 Å². The van der Waals surface area contributed by atoms with Gasteiger partial charge in [0.15, 0.2) is 0 Å². The largest absolute Gasteiger partial charge is 0.356 e. The summed E-state index contributed by atoms with van der Waals surface area (Å²) in [4.78, 5) is 2.25. The van der Waals surface area contributed by atoms with E-state index in [4.69, 9.17) is 0 Å². The molecule has 0 aliphatic heterocycles. The highest BCUT2D eigenvalue weighted by atomic mass is 15.1. The SMILES string of the molecule is C=C/C(=C\CC)Nc1cccc(N(c2ccccc2)c2ccccc2)c1. The zero-order valence-corrected chi connectivity index (χ0v) is 15.1. The van der Waals surface area contributed by atoms with Gasteiger partial charge in [-0.1, -0.05) is 62.0 Å². The van der Waals surface area contributed by atoms with Gasteiger partial charge in [0.2, 0.25) is 0 Å². The minimum absolute atomic E-state index is 0.966. The maximum absolute atomic E-state index is 3.89. The van der Waals surface area contributed by atoms with Crippen LogP contribution in [-0.2, 0) is 0 Å². The second-order valence-corrected chi connectivity index (χ2v) is 5.95. The molecule has 2 nitrogen and oxygen atoms in total. The summed E-state index contributed by atoms with van der Waals surface area (Å²) in [6.07, 6.45) is 4.95. The predicted octanol–water partition coefficient (Wildman–Crippen LogP) is 7.05. The lowest BCUT2D eigenvalue weighted by atomic mass is 10.1. The molecule has 0 atom stereocenters. The van der Waals surface area contributed by atoms with Crippen molar-refractivity contribution in [1.29, 1.82) is 0 Å². The number of rotatable bonds is 7. The number of para-hydroxylation sites is 2. The molecule has 0 aliphatic carbocycles. The first-order chi connectivity index (χ1) is 12.8. The smallest absolute Gasteiger partial charge is 0.0482 e. The van der Waals surface area contributed by atoms with Crippen LogP contribution in [0.3, 0.4) is 0 Å². The number of benzene rings is 3. The van der Waals surface area contributed by atoms with Gasteiger partial charge in [0.05, 0.1) is 0 Å². The Kier molecular flexibility index (Phi) is 5.89. The van der Waals surface area contributed by atoms with Crippen molar-refractivity contribution in [3.63, 3.8) is 0 Å². The maximum atomic E-state index is 3.89. The van der Waals surface area contributed by atoms with Gasteiger partial charge in [0, 0.05) is 28.4 Å². The van der Waals surface area contributed by atoms with E-state index < -0.39 is 0 Å². The first-order valence-corrected chi connectivity index (χ1v) is 8.91. The van der Waals surface area contributed by atoms with Crippen molar-refractivity contribution in [1.82, 2.24) is 0 Å². The average molecular weight is 340 g/mol. The van der Waals surface area contributed by atoms with Crippen molar-refractivity contribution in [2.75, 3.05) is 10.2 Å². The summed E-state index contributed by atoms with van der Waals surface area (Å²) >= 11 is 0. The Labute approximate surface area is 156 Å². The summed E-state index contributed by atoms with van der Waals surface area (Å²) in [7, 11) is 0.